The van der Waals surface area contributed by atoms with Crippen molar-refractivity contribution in [3.05, 3.63) is 63.1 Å². The number of fused-ring (bicyclic) bond motifs is 1. The molecule has 2 heterocycles. The summed E-state index contributed by atoms with van der Waals surface area (Å²) < 4.78 is 0. The van der Waals surface area contributed by atoms with Gasteiger partial charge < -0.3 is 10.6 Å². The Kier molecular flexibility index (Phi) is 5.00. The van der Waals surface area contributed by atoms with Gasteiger partial charge in [-0.2, -0.15) is 0 Å². The molecule has 0 bridgehead atoms. The van der Waals surface area contributed by atoms with Crippen molar-refractivity contribution in [2.75, 3.05) is 18.4 Å². The standard InChI is InChI=1S/C20H17Cl2N3O2/c21-13-3-1-11(2-4-13)15-9-23-10-16(15)20(27)25-18-7-12-5-6-24-19(26)14(12)8-17(18)22/h1-4,6-8,15-16,23H,5,9-10H2,(H,25,27)/t15-,16+/m0/s1. The molecule has 2 N–H and O–H groups in total. The van der Waals surface area contributed by atoms with Crippen LogP contribution in [0.2, 0.25) is 10.0 Å². The van der Waals surface area contributed by atoms with E-state index in [0.29, 0.717) is 34.3 Å². The molecule has 0 spiro atoms. The number of carbonyl (C=O) groups is 2. The van der Waals surface area contributed by atoms with Gasteiger partial charge in [0.15, 0.2) is 0 Å². The topological polar surface area (TPSA) is 70.6 Å². The van der Waals surface area contributed by atoms with E-state index in [4.69, 9.17) is 23.2 Å². The van der Waals surface area contributed by atoms with Crippen LogP contribution in [-0.4, -0.2) is 31.1 Å². The van der Waals surface area contributed by atoms with Gasteiger partial charge >= 0.3 is 0 Å². The molecule has 0 radical (unpaired) electrons. The molecule has 2 aromatic carbocycles. The molecule has 5 nitrogen and oxygen atoms in total. The van der Waals surface area contributed by atoms with Crippen molar-refractivity contribution in [3.63, 3.8) is 0 Å². The molecule has 0 unspecified atom stereocenters. The molecule has 1 saturated heterocycles. The average molecular weight is 402 g/mol. The lowest BCUT2D eigenvalue weighted by Crippen LogP contribution is -2.28. The number of nitrogens with one attached hydrogen (secondary N) is 2. The van der Waals surface area contributed by atoms with E-state index in [2.05, 4.69) is 15.6 Å². The maximum absolute atomic E-state index is 12.9. The third-order valence-corrected chi connectivity index (χ3v) is 5.61. The van der Waals surface area contributed by atoms with E-state index in [-0.39, 0.29) is 23.7 Å². The van der Waals surface area contributed by atoms with Crippen molar-refractivity contribution >= 4 is 46.9 Å². The highest BCUT2D eigenvalue weighted by Gasteiger charge is 2.34. The zero-order chi connectivity index (χ0) is 19.0. The summed E-state index contributed by atoms with van der Waals surface area (Å²) in [6.45, 7) is 1.31. The minimum Gasteiger partial charge on any atom is -0.324 e. The predicted octanol–water partition coefficient (Wildman–Crippen LogP) is 3.70. The average Bonchev–Trinajstić information content (AvgIpc) is 3.14. The zero-order valence-electron chi connectivity index (χ0n) is 14.3. The highest BCUT2D eigenvalue weighted by Crippen LogP contribution is 2.32. The van der Waals surface area contributed by atoms with E-state index in [1.807, 2.05) is 24.3 Å². The van der Waals surface area contributed by atoms with Gasteiger partial charge in [0.05, 0.1) is 16.6 Å². The zero-order valence-corrected chi connectivity index (χ0v) is 15.8. The van der Waals surface area contributed by atoms with Crippen LogP contribution in [0.1, 0.15) is 27.4 Å². The minimum atomic E-state index is -0.307. The van der Waals surface area contributed by atoms with E-state index >= 15 is 0 Å². The molecule has 138 valence electrons. The van der Waals surface area contributed by atoms with Gasteiger partial charge in [0.25, 0.3) is 5.91 Å². The van der Waals surface area contributed by atoms with Gasteiger partial charge in [0, 0.05) is 42.2 Å². The maximum Gasteiger partial charge on any atom is 0.276 e. The quantitative estimate of drug-likeness (QED) is 0.823. The number of hydrogen-bond acceptors (Lipinski definition) is 3. The van der Waals surface area contributed by atoms with Gasteiger partial charge in [-0.1, -0.05) is 35.3 Å². The molecule has 2 aromatic rings. The molecule has 2 atom stereocenters. The number of amides is 2. The van der Waals surface area contributed by atoms with Crippen LogP contribution >= 0.6 is 23.2 Å². The summed E-state index contributed by atoms with van der Waals surface area (Å²) in [4.78, 5) is 28.6. The summed E-state index contributed by atoms with van der Waals surface area (Å²) in [6, 6.07) is 10.9. The first-order valence-electron chi connectivity index (χ1n) is 8.69. The monoisotopic (exact) mass is 401 g/mol. The molecular weight excluding hydrogens is 385 g/mol. The van der Waals surface area contributed by atoms with Crippen LogP contribution in [0.15, 0.2) is 41.4 Å². The van der Waals surface area contributed by atoms with Gasteiger partial charge in [-0.05, 0) is 35.4 Å². The van der Waals surface area contributed by atoms with Crippen molar-refractivity contribution in [1.29, 1.82) is 0 Å². The van der Waals surface area contributed by atoms with Crippen molar-refractivity contribution in [1.82, 2.24) is 5.32 Å². The van der Waals surface area contributed by atoms with Crippen LogP contribution in [0.3, 0.4) is 0 Å². The van der Waals surface area contributed by atoms with Crippen molar-refractivity contribution in [2.24, 2.45) is 10.9 Å². The third kappa shape index (κ3) is 3.63. The van der Waals surface area contributed by atoms with Gasteiger partial charge in [0.1, 0.15) is 0 Å². The molecule has 0 aromatic heterocycles. The van der Waals surface area contributed by atoms with Crippen LogP contribution in [0, 0.1) is 5.92 Å². The predicted molar refractivity (Wildman–Crippen MR) is 107 cm³/mol. The minimum absolute atomic E-state index is 0.0624. The number of anilines is 1. The van der Waals surface area contributed by atoms with E-state index in [1.165, 1.54) is 0 Å². The third-order valence-electron chi connectivity index (χ3n) is 5.05. The first-order valence-corrected chi connectivity index (χ1v) is 9.45. The SMILES string of the molecule is O=C1N=CCc2cc(NC(=O)[C@@H]3CNC[C@H]3c3ccc(Cl)cc3)c(Cl)cc21. The van der Waals surface area contributed by atoms with E-state index in [0.717, 1.165) is 17.7 Å². The number of benzene rings is 2. The maximum atomic E-state index is 12.9. The van der Waals surface area contributed by atoms with Crippen molar-refractivity contribution < 1.29 is 9.59 Å². The lowest BCUT2D eigenvalue weighted by atomic mass is 9.88. The number of aliphatic imine (C=N–C) groups is 1. The molecule has 7 heteroatoms. The van der Waals surface area contributed by atoms with E-state index in [9.17, 15) is 9.59 Å². The van der Waals surface area contributed by atoms with Crippen LogP contribution in [0.5, 0.6) is 0 Å². The number of nitrogens with zero attached hydrogens (tertiary/aromatic N) is 1. The Labute approximate surface area is 166 Å². The fraction of sp³-hybridized carbons (Fsp3) is 0.250. The highest BCUT2D eigenvalue weighted by atomic mass is 35.5. The first-order chi connectivity index (χ1) is 13.0. The summed E-state index contributed by atoms with van der Waals surface area (Å²) >= 11 is 12.3. The van der Waals surface area contributed by atoms with Gasteiger partial charge in [0.2, 0.25) is 5.91 Å². The molecule has 2 aliphatic heterocycles. The number of rotatable bonds is 3. The van der Waals surface area contributed by atoms with Crippen LogP contribution in [0.4, 0.5) is 5.69 Å². The lowest BCUT2D eigenvalue weighted by molar-refractivity contribution is -0.119. The summed E-state index contributed by atoms with van der Waals surface area (Å²) in [5.74, 6) is -0.565. The Balaban J connectivity index is 1.55. The second-order valence-corrected chi connectivity index (χ2v) is 7.57. The Morgan fingerprint density at radius 1 is 1.15 bits per heavy atom. The van der Waals surface area contributed by atoms with Gasteiger partial charge in [-0.15, -0.1) is 0 Å². The Bertz CT molecular complexity index is 941. The van der Waals surface area contributed by atoms with Crippen LogP contribution in [-0.2, 0) is 11.2 Å². The fourth-order valence-electron chi connectivity index (χ4n) is 3.62. The Morgan fingerprint density at radius 2 is 1.93 bits per heavy atom. The summed E-state index contributed by atoms with van der Waals surface area (Å²) in [5.41, 5.74) is 2.89. The molecule has 0 saturated carbocycles. The number of halogens is 2. The largest absolute Gasteiger partial charge is 0.324 e. The molecule has 4 rings (SSSR count). The first kappa shape index (κ1) is 18.2. The fourth-order valence-corrected chi connectivity index (χ4v) is 3.96. The summed E-state index contributed by atoms with van der Waals surface area (Å²) in [6.07, 6.45) is 2.11. The summed E-state index contributed by atoms with van der Waals surface area (Å²) in [5, 5.41) is 7.22. The number of carbonyl (C=O) groups excluding carboxylic acids is 2. The van der Waals surface area contributed by atoms with Crippen molar-refractivity contribution in [3.8, 4) is 0 Å². The number of hydrogen-bond donors (Lipinski definition) is 2. The molecule has 0 aliphatic carbocycles. The normalized spacial score (nSPS) is 21.2. The molecular formula is C20H17Cl2N3O2. The second kappa shape index (κ2) is 7.43. The van der Waals surface area contributed by atoms with Crippen LogP contribution in [0.25, 0.3) is 0 Å². The molecule has 2 aliphatic rings. The lowest BCUT2D eigenvalue weighted by Gasteiger charge is -2.20. The molecule has 2 amide bonds. The Hall–Kier alpha value is -2.21. The highest BCUT2D eigenvalue weighted by molar-refractivity contribution is 6.34. The molecule has 1 fully saturated rings. The second-order valence-electron chi connectivity index (χ2n) is 6.72. The van der Waals surface area contributed by atoms with E-state index in [1.54, 1.807) is 18.3 Å². The van der Waals surface area contributed by atoms with Gasteiger partial charge in [-0.25, -0.2) is 4.99 Å². The van der Waals surface area contributed by atoms with Gasteiger partial charge in [-0.3, -0.25) is 9.59 Å². The van der Waals surface area contributed by atoms with Crippen molar-refractivity contribution in [2.45, 2.75) is 12.3 Å². The summed E-state index contributed by atoms with van der Waals surface area (Å²) in [7, 11) is 0. The molecule has 27 heavy (non-hydrogen) atoms. The van der Waals surface area contributed by atoms with E-state index < -0.39 is 0 Å². The smallest absolute Gasteiger partial charge is 0.276 e. The van der Waals surface area contributed by atoms with Crippen LogP contribution < -0.4 is 10.6 Å². The Morgan fingerprint density at radius 3 is 2.70 bits per heavy atom.